The van der Waals surface area contributed by atoms with Gasteiger partial charge in [-0.1, -0.05) is 163 Å². The summed E-state index contributed by atoms with van der Waals surface area (Å²) in [5.74, 6) is 0. The quantitative estimate of drug-likeness (QED) is 0.134. The topological polar surface area (TPSA) is 77.3 Å². The summed E-state index contributed by atoms with van der Waals surface area (Å²) in [6.07, 6.45) is 9.60. The van der Waals surface area contributed by atoms with Crippen molar-refractivity contribution in [1.82, 2.24) is 29.9 Å². The van der Waals surface area contributed by atoms with Gasteiger partial charge in [-0.15, -0.1) is 215 Å². The molecule has 3 radical (unpaired) electrons. The molecule has 111 heavy (non-hydrogen) atoms. The van der Waals surface area contributed by atoms with E-state index in [4.69, 9.17) is 0 Å². The molecule has 18 aromatic rings. The van der Waals surface area contributed by atoms with Gasteiger partial charge in [0.2, 0.25) is 0 Å². The van der Waals surface area contributed by atoms with Gasteiger partial charge >= 0.3 is 0 Å². The number of aryl methyl sites for hydroxylation is 6. The Labute approximate surface area is 693 Å². The van der Waals surface area contributed by atoms with E-state index in [1.54, 1.807) is 0 Å². The van der Waals surface area contributed by atoms with Crippen molar-refractivity contribution in [1.29, 1.82) is 0 Å². The summed E-state index contributed by atoms with van der Waals surface area (Å²) in [4.78, 5) is 26.9. The van der Waals surface area contributed by atoms with Crippen LogP contribution in [0.2, 0.25) is 0 Å². The number of nitrogens with zero attached hydrogens (tertiary/aromatic N) is 6. The fourth-order valence-electron chi connectivity index (χ4n) is 12.4. The van der Waals surface area contributed by atoms with Crippen molar-refractivity contribution in [2.45, 2.75) is 41.5 Å². The van der Waals surface area contributed by atoms with Gasteiger partial charge in [-0.25, -0.2) is 0 Å². The molecule has 6 heterocycles. The molecule has 0 aliphatic carbocycles. The summed E-state index contributed by atoms with van der Waals surface area (Å²) >= 11 is 0. The Morgan fingerprint density at radius 3 is 0.838 bits per heavy atom. The second kappa shape index (κ2) is 41.2. The van der Waals surface area contributed by atoms with Crippen LogP contribution in [0.25, 0.3) is 133 Å². The fraction of sp³-hybridized carbons (Fsp3) is 0.0588. The summed E-state index contributed by atoms with van der Waals surface area (Å²) in [7, 11) is 0. The van der Waals surface area contributed by atoms with E-state index in [9.17, 15) is 0 Å². The largest absolute Gasteiger partial charge is 0.305 e. The molecule has 0 atom stereocenters. The van der Waals surface area contributed by atoms with Crippen molar-refractivity contribution in [3.05, 3.63) is 435 Å². The zero-order valence-electron chi connectivity index (χ0n) is 62.3. The Hall–Kier alpha value is -11.7. The first-order valence-electron chi connectivity index (χ1n) is 36.0. The molecular weight excluding hydrogens is 1890 g/mol. The molecule has 549 valence electrons. The first-order valence-corrected chi connectivity index (χ1v) is 36.0. The van der Waals surface area contributed by atoms with E-state index in [-0.39, 0.29) is 60.3 Å². The van der Waals surface area contributed by atoms with Gasteiger partial charge in [0.05, 0.1) is 0 Å². The Bertz CT molecular complexity index is 5460. The molecule has 0 bridgehead atoms. The van der Waals surface area contributed by atoms with E-state index >= 15 is 0 Å². The van der Waals surface area contributed by atoms with E-state index in [0.29, 0.717) is 0 Å². The first-order chi connectivity index (χ1) is 53.0. The normalized spacial score (nSPS) is 10.2. The summed E-state index contributed by atoms with van der Waals surface area (Å²) in [5.41, 5.74) is 26.3. The van der Waals surface area contributed by atoms with E-state index in [2.05, 4.69) is 252 Å². The van der Waals surface area contributed by atoms with Crippen LogP contribution < -0.4 is 0 Å². The van der Waals surface area contributed by atoms with E-state index in [1.165, 1.54) is 93.5 Å². The van der Waals surface area contributed by atoms with Crippen molar-refractivity contribution >= 4 is 32.3 Å². The van der Waals surface area contributed by atoms with Crippen molar-refractivity contribution in [2.24, 2.45) is 0 Å². The first kappa shape index (κ1) is 81.8. The number of benzene rings is 12. The number of aromatic nitrogens is 6. The Kier molecular flexibility index (Phi) is 30.3. The van der Waals surface area contributed by atoms with Gasteiger partial charge in [-0.05, 0) is 177 Å². The van der Waals surface area contributed by atoms with Crippen LogP contribution >= 0.6 is 0 Å². The number of pyridine rings is 6. The molecule has 0 saturated heterocycles. The van der Waals surface area contributed by atoms with Crippen LogP contribution in [0, 0.1) is 77.9 Å². The van der Waals surface area contributed by atoms with Gasteiger partial charge in [0.15, 0.2) is 0 Å². The molecule has 0 amide bonds. The molecule has 0 fully saturated rings. The number of rotatable bonds is 9. The number of hydrogen-bond acceptors (Lipinski definition) is 6. The number of hydrogen-bond donors (Lipinski definition) is 0. The minimum absolute atomic E-state index is 0. The molecule has 0 unspecified atom stereocenters. The molecule has 0 aliphatic rings. The summed E-state index contributed by atoms with van der Waals surface area (Å²) < 4.78 is 0. The predicted molar refractivity (Wildman–Crippen MR) is 448 cm³/mol. The Morgan fingerprint density at radius 1 is 0.216 bits per heavy atom. The fourth-order valence-corrected chi connectivity index (χ4v) is 12.4. The van der Waals surface area contributed by atoms with Crippen molar-refractivity contribution in [2.75, 3.05) is 0 Å². The van der Waals surface area contributed by atoms with Crippen LogP contribution in [0.5, 0.6) is 0 Å². The van der Waals surface area contributed by atoms with Gasteiger partial charge in [-0.2, -0.15) is 0 Å². The minimum Gasteiger partial charge on any atom is -0.305 e. The predicted octanol–water partition coefficient (Wildman–Crippen LogP) is 25.6. The molecule has 6 nitrogen and oxygen atoms in total. The van der Waals surface area contributed by atoms with E-state index in [0.717, 1.165) is 73.2 Å². The van der Waals surface area contributed by atoms with Crippen molar-refractivity contribution < 1.29 is 60.3 Å². The zero-order valence-corrected chi connectivity index (χ0v) is 69.5. The average Bonchev–Trinajstić information content (AvgIpc) is 0.813. The van der Waals surface area contributed by atoms with Crippen LogP contribution in [0.15, 0.2) is 365 Å². The van der Waals surface area contributed by atoms with Crippen LogP contribution in [0.4, 0.5) is 0 Å². The van der Waals surface area contributed by atoms with Gasteiger partial charge < -0.3 is 29.9 Å². The van der Waals surface area contributed by atoms with Gasteiger partial charge in [-0.3, -0.25) is 0 Å². The zero-order chi connectivity index (χ0) is 74.2. The third kappa shape index (κ3) is 22.5. The number of fused-ring (bicyclic) bond motifs is 3. The standard InChI is InChI=1S/3C22H16N.3C12H10N.3Ir/c3*1-16-13-22(18-8-3-2-4-9-18)23-15-21(16)20-12-11-17-7-5-6-10-19(17)14-20;1-10-6-5-9-12(13-10)11-7-3-2-4-8-11;1-10-7-8-13-12(9-10)11-5-3-2-4-6-11;1-10-7-8-12(13-9-10)11-5-3-2-4-6-11;;;/h3*2-8,10-15H,1H3;2-7,9H,1H3;2*2-5,7-9H,1H3;;;/q6*-1;;;. The minimum atomic E-state index is 0. The van der Waals surface area contributed by atoms with Crippen LogP contribution in [-0.4, -0.2) is 29.9 Å². The third-order valence-corrected chi connectivity index (χ3v) is 18.1. The molecular formula is C102H78Ir3N6-6. The monoisotopic (exact) mass is 1970 g/mol. The van der Waals surface area contributed by atoms with Crippen LogP contribution in [0.1, 0.15) is 33.5 Å². The van der Waals surface area contributed by atoms with Crippen molar-refractivity contribution in [3.8, 4) is 101 Å². The molecule has 0 aliphatic heterocycles. The van der Waals surface area contributed by atoms with Gasteiger partial charge in [0.25, 0.3) is 0 Å². The molecule has 12 aromatic carbocycles. The second-order valence-corrected chi connectivity index (χ2v) is 26.1. The van der Waals surface area contributed by atoms with Gasteiger partial charge in [0.1, 0.15) is 0 Å². The third-order valence-electron chi connectivity index (χ3n) is 18.1. The molecule has 0 N–H and O–H groups in total. The maximum Gasteiger partial charge on any atom is 0.0266 e. The summed E-state index contributed by atoms with van der Waals surface area (Å²) in [5, 5.41) is 7.55. The smallest absolute Gasteiger partial charge is 0.0266 e. The Morgan fingerprint density at radius 2 is 0.532 bits per heavy atom. The summed E-state index contributed by atoms with van der Waals surface area (Å²) in [6.45, 7) is 12.5. The van der Waals surface area contributed by atoms with E-state index < -0.39 is 0 Å². The molecule has 9 heteroatoms. The second-order valence-electron chi connectivity index (χ2n) is 26.1. The molecule has 0 saturated carbocycles. The average molecular weight is 1960 g/mol. The summed E-state index contributed by atoms with van der Waals surface area (Å²) in [6, 6.07) is 132. The molecule has 0 spiro atoms. The van der Waals surface area contributed by atoms with Gasteiger partial charge in [0, 0.05) is 114 Å². The van der Waals surface area contributed by atoms with E-state index in [1.807, 2.05) is 221 Å². The molecule has 6 aromatic heterocycles. The SMILES string of the molecule is Cc1cc(-c2[c-]cccc2)ncc1-c1ccc2ccccc2c1.Cc1cc(-c2[c-]cccc2)ncc1-c1ccc2ccccc2c1.Cc1cc(-c2[c-]cccc2)ncc1-c1ccc2ccccc2c1.Cc1ccc(-c2[c-]cccc2)nc1.Cc1cccc(-c2[c-]cccc2)n1.Cc1ccnc(-c2[c-]cccc2)c1.[Ir].[Ir].[Ir]. The Balaban J connectivity index is 0.000000143. The van der Waals surface area contributed by atoms with Crippen LogP contribution in [0.3, 0.4) is 0 Å². The maximum absolute atomic E-state index is 4.63. The van der Waals surface area contributed by atoms with Crippen LogP contribution in [-0.2, 0) is 60.3 Å². The maximum atomic E-state index is 4.63. The molecule has 18 rings (SSSR count). The van der Waals surface area contributed by atoms with Crippen molar-refractivity contribution in [3.63, 3.8) is 0 Å².